The third kappa shape index (κ3) is 9.61. The summed E-state index contributed by atoms with van der Waals surface area (Å²) in [5.41, 5.74) is 2.44. The summed E-state index contributed by atoms with van der Waals surface area (Å²) in [5.74, 6) is -1.29. The summed E-state index contributed by atoms with van der Waals surface area (Å²) in [7, 11) is 2.67. The van der Waals surface area contributed by atoms with Gasteiger partial charge in [0.15, 0.2) is 23.2 Å². The Kier molecular flexibility index (Phi) is 13.3. The lowest BCUT2D eigenvalue weighted by Gasteiger charge is -2.38. The van der Waals surface area contributed by atoms with E-state index in [4.69, 9.17) is 28.4 Å². The number of ether oxygens (including phenoxy) is 6. The molecule has 326 valence electrons. The van der Waals surface area contributed by atoms with Crippen LogP contribution >= 0.6 is 0 Å². The Morgan fingerprint density at radius 2 is 1.72 bits per heavy atom. The topological polar surface area (TPSA) is 151 Å². The molecule has 0 bridgehead atoms. The van der Waals surface area contributed by atoms with Crippen LogP contribution < -0.4 is 14.4 Å². The molecule has 12 heteroatoms. The van der Waals surface area contributed by atoms with Crippen molar-refractivity contribution in [1.82, 2.24) is 0 Å². The molecule has 1 saturated heterocycles. The van der Waals surface area contributed by atoms with Crippen LogP contribution in [0.5, 0.6) is 11.5 Å². The van der Waals surface area contributed by atoms with Gasteiger partial charge in [0, 0.05) is 31.4 Å². The number of benzene rings is 1. The average molecular weight is 831 g/mol. The standard InChI is InChI=1S/C48H63NO11/c1-30(15-16-35-32(3)14-11-19-45(35,4)5)12-10-13-31(2)24-40(50)59-39-17-20-47-27-38(55-8)43(60-44(52)48(54,28-41(51)56-9)22-21-46(6,7)53)42(47)34-26-37-36(57-29-58-37)25-33(34)18-23-49(39)47/h10,12-13,15-16,24-27,39,42-43,53-54H,11,14,17-23,28-29H2,1-9H3/p+1. The number of nitrogens with one attached hydrogen (secondary N) is 1. The van der Waals surface area contributed by atoms with Crippen molar-refractivity contribution in [1.29, 1.82) is 0 Å². The van der Waals surface area contributed by atoms with Crippen molar-refractivity contribution in [2.45, 2.75) is 141 Å². The lowest BCUT2D eigenvalue weighted by molar-refractivity contribution is -0.972. The Morgan fingerprint density at radius 3 is 2.40 bits per heavy atom. The van der Waals surface area contributed by atoms with Crippen LogP contribution in [0.3, 0.4) is 0 Å². The predicted octanol–water partition coefficient (Wildman–Crippen LogP) is 6.17. The number of methoxy groups -OCH3 is 2. The highest BCUT2D eigenvalue weighted by atomic mass is 16.7. The van der Waals surface area contributed by atoms with Crippen LogP contribution in [0.15, 0.2) is 82.7 Å². The van der Waals surface area contributed by atoms with E-state index in [0.29, 0.717) is 43.1 Å². The number of carbonyl (C=O) groups is 3. The van der Waals surface area contributed by atoms with E-state index >= 15 is 0 Å². The molecule has 3 aliphatic heterocycles. The summed E-state index contributed by atoms with van der Waals surface area (Å²) in [6.45, 7) is 14.6. The second kappa shape index (κ2) is 17.8. The second-order valence-electron chi connectivity index (χ2n) is 18.5. The van der Waals surface area contributed by atoms with E-state index in [1.165, 1.54) is 44.3 Å². The number of hydrogen-bond donors (Lipinski definition) is 3. The quantitative estimate of drug-likeness (QED) is 0.0855. The molecule has 5 aliphatic rings. The number of quaternary nitrogens is 1. The summed E-state index contributed by atoms with van der Waals surface area (Å²) < 4.78 is 34.9. The first-order valence-corrected chi connectivity index (χ1v) is 21.2. The highest BCUT2D eigenvalue weighted by molar-refractivity contribution is 5.86. The molecular weight excluding hydrogens is 767 g/mol. The normalized spacial score (nSPS) is 27.1. The molecule has 6 rings (SSSR count). The number of allylic oxidation sites excluding steroid dienone is 9. The average Bonchev–Trinajstić information content (AvgIpc) is 3.84. The van der Waals surface area contributed by atoms with E-state index in [-0.39, 0.29) is 25.0 Å². The van der Waals surface area contributed by atoms with Gasteiger partial charge in [0.25, 0.3) is 0 Å². The first-order chi connectivity index (χ1) is 28.3. The van der Waals surface area contributed by atoms with E-state index < -0.39 is 59.3 Å². The number of fused-ring (bicyclic) bond motifs is 3. The third-order valence-electron chi connectivity index (χ3n) is 13.0. The fourth-order valence-electron chi connectivity index (χ4n) is 9.78. The predicted molar refractivity (Wildman–Crippen MR) is 225 cm³/mol. The first kappa shape index (κ1) is 44.9. The van der Waals surface area contributed by atoms with Crippen molar-refractivity contribution >= 4 is 17.9 Å². The molecule has 3 N–H and O–H groups in total. The minimum absolute atomic E-state index is 0.00617. The largest absolute Gasteiger partial charge is 0.497 e. The van der Waals surface area contributed by atoms with E-state index in [2.05, 4.69) is 39.8 Å². The van der Waals surface area contributed by atoms with Crippen LogP contribution in [-0.4, -0.2) is 84.8 Å². The fraction of sp³-hybridized carbons (Fsp3) is 0.562. The van der Waals surface area contributed by atoms with Crippen LogP contribution in [0, 0.1) is 5.41 Å². The number of carbonyl (C=O) groups excluding carboxylic acids is 3. The Bertz CT molecular complexity index is 2030. The molecule has 0 amide bonds. The Balaban J connectivity index is 1.24. The van der Waals surface area contributed by atoms with Crippen molar-refractivity contribution in [2.24, 2.45) is 5.41 Å². The van der Waals surface area contributed by atoms with Crippen LogP contribution in [-0.2, 0) is 39.8 Å². The lowest BCUT2D eigenvalue weighted by atomic mass is 9.72. The van der Waals surface area contributed by atoms with Gasteiger partial charge >= 0.3 is 17.9 Å². The zero-order valence-corrected chi connectivity index (χ0v) is 36.8. The van der Waals surface area contributed by atoms with Gasteiger partial charge < -0.3 is 38.6 Å². The molecule has 6 unspecified atom stereocenters. The van der Waals surface area contributed by atoms with Gasteiger partial charge in [0.1, 0.15) is 11.3 Å². The molecule has 0 saturated carbocycles. The first-order valence-electron chi connectivity index (χ1n) is 21.2. The number of hydrogen-bond acceptors (Lipinski definition) is 11. The molecule has 2 aliphatic carbocycles. The van der Waals surface area contributed by atoms with Gasteiger partial charge in [0.05, 0.1) is 38.7 Å². The number of rotatable bonds is 14. The minimum Gasteiger partial charge on any atom is -0.497 e. The molecule has 0 aromatic heterocycles. The maximum Gasteiger partial charge on any atom is 0.339 e. The molecule has 1 spiro atoms. The van der Waals surface area contributed by atoms with Gasteiger partial charge in [0.2, 0.25) is 13.0 Å². The summed E-state index contributed by atoms with van der Waals surface area (Å²) in [6, 6.07) is 3.88. The van der Waals surface area contributed by atoms with Gasteiger partial charge in [-0.25, -0.2) is 9.59 Å². The molecule has 6 atom stereocenters. The molecular formula is C48H64NO11+. The second-order valence-corrected chi connectivity index (χ2v) is 18.5. The highest BCUT2D eigenvalue weighted by Gasteiger charge is 2.65. The van der Waals surface area contributed by atoms with E-state index in [1.54, 1.807) is 13.8 Å². The lowest BCUT2D eigenvalue weighted by Crippen LogP contribution is -3.21. The van der Waals surface area contributed by atoms with E-state index in [1.807, 2.05) is 43.4 Å². The van der Waals surface area contributed by atoms with Gasteiger partial charge in [-0.2, -0.15) is 0 Å². The van der Waals surface area contributed by atoms with Crippen molar-refractivity contribution in [3.05, 3.63) is 93.8 Å². The molecule has 1 aromatic carbocycles. The van der Waals surface area contributed by atoms with Crippen LogP contribution in [0.4, 0.5) is 0 Å². The van der Waals surface area contributed by atoms with Gasteiger partial charge in [-0.1, -0.05) is 55.4 Å². The zero-order chi connectivity index (χ0) is 43.6. The van der Waals surface area contributed by atoms with Crippen LogP contribution in [0.1, 0.15) is 117 Å². The molecule has 60 heavy (non-hydrogen) atoms. The minimum atomic E-state index is -2.29. The van der Waals surface area contributed by atoms with Crippen LogP contribution in [0.2, 0.25) is 0 Å². The third-order valence-corrected chi connectivity index (χ3v) is 13.0. The molecule has 3 heterocycles. The molecule has 12 nitrogen and oxygen atoms in total. The van der Waals surface area contributed by atoms with Gasteiger partial charge in [-0.3, -0.25) is 9.69 Å². The van der Waals surface area contributed by atoms with Crippen molar-refractivity contribution in [3.8, 4) is 11.5 Å². The van der Waals surface area contributed by atoms with E-state index in [0.717, 1.165) is 33.6 Å². The zero-order valence-electron chi connectivity index (χ0n) is 36.8. The van der Waals surface area contributed by atoms with Crippen molar-refractivity contribution in [2.75, 3.05) is 27.6 Å². The molecule has 1 aromatic rings. The van der Waals surface area contributed by atoms with Gasteiger partial charge in [-0.15, -0.1) is 0 Å². The fourth-order valence-corrected chi connectivity index (χ4v) is 9.78. The Morgan fingerprint density at radius 1 is 0.983 bits per heavy atom. The summed E-state index contributed by atoms with van der Waals surface area (Å²) in [5, 5.41) is 22.2. The van der Waals surface area contributed by atoms with Gasteiger partial charge in [-0.05, 0) is 107 Å². The highest BCUT2D eigenvalue weighted by Crippen LogP contribution is 2.51. The number of aliphatic hydroxyl groups is 2. The van der Waals surface area contributed by atoms with Crippen LogP contribution in [0.25, 0.3) is 0 Å². The molecule has 0 radical (unpaired) electrons. The maximum atomic E-state index is 14.2. The Labute approximate surface area is 354 Å². The molecule has 1 fully saturated rings. The smallest absolute Gasteiger partial charge is 0.339 e. The number of esters is 3. The summed E-state index contributed by atoms with van der Waals surface area (Å²) in [4.78, 5) is 41.2. The maximum absolute atomic E-state index is 14.2. The Hall–Kier alpha value is -4.65. The van der Waals surface area contributed by atoms with Crippen molar-refractivity contribution in [3.63, 3.8) is 0 Å². The monoisotopic (exact) mass is 830 g/mol. The summed E-state index contributed by atoms with van der Waals surface area (Å²) >= 11 is 0. The SMILES string of the molecule is COC(=O)CC(O)(CCC(C)(C)O)C(=O)OC1C(OC)=CC23CCC(OC(=O)C=C(C)C=CC=C(C)C=CC4=C(C)CCCC4(C)C)[NH+]2CCc2cc4c(cc2C13)OCO4. The van der Waals surface area contributed by atoms with E-state index in [9.17, 15) is 24.6 Å². The summed E-state index contributed by atoms with van der Waals surface area (Å²) in [6.07, 6.45) is 16.6. The van der Waals surface area contributed by atoms with Crippen molar-refractivity contribution < 1.29 is 57.9 Å².